The topological polar surface area (TPSA) is 44.4 Å². The molecule has 0 spiro atoms. The smallest absolute Gasteiger partial charge is 0.224 e. The molecule has 0 aromatic rings. The van der Waals surface area contributed by atoms with E-state index >= 15 is 0 Å². The zero-order chi connectivity index (χ0) is 12.9. The lowest BCUT2D eigenvalue weighted by Crippen LogP contribution is -2.45. The van der Waals surface area contributed by atoms with Gasteiger partial charge in [-0.05, 0) is 38.9 Å². The van der Waals surface area contributed by atoms with E-state index in [2.05, 4.69) is 43.5 Å². The molecule has 0 aromatic carbocycles. The van der Waals surface area contributed by atoms with Crippen LogP contribution < -0.4 is 10.6 Å². The number of rotatable bonds is 5. The van der Waals surface area contributed by atoms with Crippen LogP contribution in [0.15, 0.2) is 0 Å². The van der Waals surface area contributed by atoms with Crippen LogP contribution in [0.4, 0.5) is 0 Å². The average Bonchev–Trinajstić information content (AvgIpc) is 2.25. The van der Waals surface area contributed by atoms with Crippen LogP contribution in [-0.4, -0.2) is 51.1 Å². The van der Waals surface area contributed by atoms with Crippen molar-refractivity contribution < 1.29 is 4.79 Å². The molecule has 0 aromatic heterocycles. The van der Waals surface area contributed by atoms with Crippen LogP contribution in [-0.2, 0) is 4.79 Å². The van der Waals surface area contributed by atoms with Gasteiger partial charge in [0.25, 0.3) is 0 Å². The van der Waals surface area contributed by atoms with Gasteiger partial charge in [0.2, 0.25) is 5.91 Å². The predicted octanol–water partition coefficient (Wildman–Crippen LogP) is 0.690. The lowest BCUT2D eigenvalue weighted by atomic mass is 9.92. The van der Waals surface area contributed by atoms with Crippen molar-refractivity contribution >= 4 is 5.91 Å². The molecule has 0 aliphatic carbocycles. The number of nitrogens with zero attached hydrogens (tertiary/aromatic N) is 1. The van der Waals surface area contributed by atoms with Crippen LogP contribution in [0.1, 0.15) is 26.7 Å². The van der Waals surface area contributed by atoms with Gasteiger partial charge in [0.1, 0.15) is 0 Å². The maximum atomic E-state index is 12.0. The molecule has 0 bridgehead atoms. The minimum atomic E-state index is 0.126. The van der Waals surface area contributed by atoms with E-state index < -0.39 is 0 Å². The van der Waals surface area contributed by atoms with Crippen molar-refractivity contribution in [2.45, 2.75) is 26.7 Å². The third-order valence-corrected chi connectivity index (χ3v) is 3.15. The van der Waals surface area contributed by atoms with E-state index in [1.807, 2.05) is 0 Å². The Morgan fingerprint density at radius 1 is 1.47 bits per heavy atom. The SMILES string of the molecule is CN(C)CC(C)(C)CNC(=O)[C@@H]1CCCNC1. The van der Waals surface area contributed by atoms with Gasteiger partial charge in [-0.1, -0.05) is 13.8 Å². The minimum absolute atomic E-state index is 0.126. The zero-order valence-corrected chi connectivity index (χ0v) is 11.7. The summed E-state index contributed by atoms with van der Waals surface area (Å²) in [7, 11) is 4.13. The van der Waals surface area contributed by atoms with E-state index in [1.54, 1.807) is 0 Å². The Morgan fingerprint density at radius 2 is 2.18 bits per heavy atom. The van der Waals surface area contributed by atoms with Crippen LogP contribution in [0, 0.1) is 11.3 Å². The first-order valence-corrected chi connectivity index (χ1v) is 6.54. The van der Waals surface area contributed by atoms with Gasteiger partial charge in [0.15, 0.2) is 0 Å². The molecule has 1 heterocycles. The Kier molecular flexibility index (Phi) is 5.40. The van der Waals surface area contributed by atoms with Gasteiger partial charge in [-0.2, -0.15) is 0 Å². The van der Waals surface area contributed by atoms with E-state index in [1.165, 1.54) is 0 Å². The number of nitrogens with one attached hydrogen (secondary N) is 2. The lowest BCUT2D eigenvalue weighted by molar-refractivity contribution is -0.126. The third kappa shape index (κ3) is 5.50. The second-order valence-corrected chi connectivity index (χ2v) is 6.16. The largest absolute Gasteiger partial charge is 0.355 e. The van der Waals surface area contributed by atoms with E-state index in [0.29, 0.717) is 0 Å². The van der Waals surface area contributed by atoms with Crippen molar-refractivity contribution in [3.05, 3.63) is 0 Å². The summed E-state index contributed by atoms with van der Waals surface area (Å²) in [6, 6.07) is 0. The van der Waals surface area contributed by atoms with E-state index in [9.17, 15) is 4.79 Å². The van der Waals surface area contributed by atoms with E-state index in [-0.39, 0.29) is 17.2 Å². The van der Waals surface area contributed by atoms with Crippen molar-refractivity contribution in [3.8, 4) is 0 Å². The molecule has 1 rings (SSSR count). The molecule has 4 nitrogen and oxygen atoms in total. The molecule has 1 saturated heterocycles. The van der Waals surface area contributed by atoms with Crippen LogP contribution >= 0.6 is 0 Å². The number of amides is 1. The van der Waals surface area contributed by atoms with Crippen LogP contribution in [0.5, 0.6) is 0 Å². The minimum Gasteiger partial charge on any atom is -0.355 e. The third-order valence-electron chi connectivity index (χ3n) is 3.15. The highest BCUT2D eigenvalue weighted by Gasteiger charge is 2.24. The van der Waals surface area contributed by atoms with Gasteiger partial charge in [0.05, 0.1) is 5.92 Å². The van der Waals surface area contributed by atoms with Crippen molar-refractivity contribution in [1.29, 1.82) is 0 Å². The fraction of sp³-hybridized carbons (Fsp3) is 0.923. The van der Waals surface area contributed by atoms with Crippen molar-refractivity contribution in [1.82, 2.24) is 15.5 Å². The fourth-order valence-corrected chi connectivity index (χ4v) is 2.46. The van der Waals surface area contributed by atoms with Gasteiger partial charge in [-0.25, -0.2) is 0 Å². The Morgan fingerprint density at radius 3 is 2.71 bits per heavy atom. The number of carbonyl (C=O) groups excluding carboxylic acids is 1. The average molecular weight is 241 g/mol. The second kappa shape index (κ2) is 6.36. The molecule has 100 valence electrons. The summed E-state index contributed by atoms with van der Waals surface area (Å²) in [5.41, 5.74) is 0.126. The summed E-state index contributed by atoms with van der Waals surface area (Å²) in [5, 5.41) is 6.37. The summed E-state index contributed by atoms with van der Waals surface area (Å²) < 4.78 is 0. The number of carbonyl (C=O) groups is 1. The standard InChI is InChI=1S/C13H27N3O/c1-13(2,10-16(3)4)9-15-12(17)11-6-5-7-14-8-11/h11,14H,5-10H2,1-4H3,(H,15,17)/t11-/m1/s1. The summed E-state index contributed by atoms with van der Waals surface area (Å²) in [5.74, 6) is 0.378. The van der Waals surface area contributed by atoms with Gasteiger partial charge >= 0.3 is 0 Å². The summed E-state index contributed by atoms with van der Waals surface area (Å²) in [4.78, 5) is 14.1. The van der Waals surface area contributed by atoms with Crippen LogP contribution in [0.2, 0.25) is 0 Å². The Balaban J connectivity index is 2.31. The molecule has 1 amide bonds. The summed E-state index contributed by atoms with van der Waals surface area (Å²) in [6.07, 6.45) is 2.13. The zero-order valence-electron chi connectivity index (χ0n) is 11.7. The number of piperidine rings is 1. The summed E-state index contributed by atoms with van der Waals surface area (Å²) in [6.45, 7) is 7.99. The fourth-order valence-electron chi connectivity index (χ4n) is 2.46. The van der Waals surface area contributed by atoms with Crippen molar-refractivity contribution in [2.24, 2.45) is 11.3 Å². The maximum absolute atomic E-state index is 12.0. The van der Waals surface area contributed by atoms with E-state index in [4.69, 9.17) is 0 Å². The van der Waals surface area contributed by atoms with Crippen LogP contribution in [0.3, 0.4) is 0 Å². The molecule has 4 heteroatoms. The molecular weight excluding hydrogens is 214 g/mol. The quantitative estimate of drug-likeness (QED) is 0.744. The highest BCUT2D eigenvalue weighted by atomic mass is 16.1. The normalized spacial score (nSPS) is 21.6. The lowest BCUT2D eigenvalue weighted by Gasteiger charge is -2.30. The highest BCUT2D eigenvalue weighted by molar-refractivity contribution is 5.79. The second-order valence-electron chi connectivity index (χ2n) is 6.16. The molecule has 1 fully saturated rings. The molecule has 0 saturated carbocycles. The number of hydrogen-bond donors (Lipinski definition) is 2. The van der Waals surface area contributed by atoms with E-state index in [0.717, 1.165) is 39.0 Å². The monoisotopic (exact) mass is 241 g/mol. The molecule has 0 radical (unpaired) electrons. The van der Waals surface area contributed by atoms with Crippen molar-refractivity contribution in [2.75, 3.05) is 40.3 Å². The molecule has 1 aliphatic rings. The molecule has 17 heavy (non-hydrogen) atoms. The molecule has 2 N–H and O–H groups in total. The van der Waals surface area contributed by atoms with Gasteiger partial charge in [-0.15, -0.1) is 0 Å². The maximum Gasteiger partial charge on any atom is 0.224 e. The summed E-state index contributed by atoms with van der Waals surface area (Å²) >= 11 is 0. The first-order valence-electron chi connectivity index (χ1n) is 6.54. The Bertz CT molecular complexity index is 245. The highest BCUT2D eigenvalue weighted by Crippen LogP contribution is 2.15. The Hall–Kier alpha value is -0.610. The van der Waals surface area contributed by atoms with Gasteiger partial charge in [0, 0.05) is 19.6 Å². The van der Waals surface area contributed by atoms with Crippen molar-refractivity contribution in [3.63, 3.8) is 0 Å². The molecule has 1 aliphatic heterocycles. The predicted molar refractivity (Wildman–Crippen MR) is 70.9 cm³/mol. The number of hydrogen-bond acceptors (Lipinski definition) is 3. The molecule has 1 atom stereocenters. The van der Waals surface area contributed by atoms with Gasteiger partial charge in [-0.3, -0.25) is 4.79 Å². The first kappa shape index (κ1) is 14.5. The van der Waals surface area contributed by atoms with Gasteiger partial charge < -0.3 is 15.5 Å². The first-order chi connectivity index (χ1) is 7.91. The Labute approximate surface area is 105 Å². The molecular formula is C13H27N3O. The molecule has 0 unspecified atom stereocenters. The van der Waals surface area contributed by atoms with Crippen LogP contribution in [0.25, 0.3) is 0 Å².